The SMILES string of the molecule is CCN(C(=O)[C@@H](C)OC(=O)c1c(C)cc(=O)oc1C)[C@@H]1CCS(=O)(=O)C1. The first-order chi connectivity index (χ1) is 12.1. The van der Waals surface area contributed by atoms with Crippen molar-refractivity contribution in [2.24, 2.45) is 0 Å². The van der Waals surface area contributed by atoms with E-state index in [1.165, 1.54) is 24.8 Å². The molecular weight excluding hydrogens is 362 g/mol. The minimum absolute atomic E-state index is 0.0526. The van der Waals surface area contributed by atoms with E-state index >= 15 is 0 Å². The summed E-state index contributed by atoms with van der Waals surface area (Å²) in [5.74, 6) is -1.11. The third-order valence-electron chi connectivity index (χ3n) is 4.44. The molecule has 9 heteroatoms. The lowest BCUT2D eigenvalue weighted by Gasteiger charge is -2.29. The fraction of sp³-hybridized carbons (Fsp3) is 0.588. The second-order valence-corrected chi connectivity index (χ2v) is 8.64. The zero-order chi connectivity index (χ0) is 19.6. The van der Waals surface area contributed by atoms with Crippen LogP contribution in [0, 0.1) is 13.8 Å². The highest BCUT2D eigenvalue weighted by Crippen LogP contribution is 2.20. The van der Waals surface area contributed by atoms with Gasteiger partial charge >= 0.3 is 11.6 Å². The first-order valence-electron chi connectivity index (χ1n) is 8.39. The number of carbonyl (C=O) groups excluding carboxylic acids is 2. The summed E-state index contributed by atoms with van der Waals surface area (Å²) >= 11 is 0. The number of hydrogen-bond donors (Lipinski definition) is 0. The molecule has 1 aliphatic heterocycles. The molecule has 2 rings (SSSR count). The molecule has 0 bridgehead atoms. The Kier molecular flexibility index (Phi) is 5.90. The number of likely N-dealkylation sites (N-methyl/N-ethyl adjacent to an activating group) is 1. The van der Waals surface area contributed by atoms with Crippen LogP contribution >= 0.6 is 0 Å². The maximum Gasteiger partial charge on any atom is 0.342 e. The summed E-state index contributed by atoms with van der Waals surface area (Å²) in [6.45, 7) is 6.56. The number of hydrogen-bond acceptors (Lipinski definition) is 7. The van der Waals surface area contributed by atoms with Crippen molar-refractivity contribution in [3.05, 3.63) is 33.4 Å². The Morgan fingerprint density at radius 2 is 2.04 bits per heavy atom. The fourth-order valence-corrected chi connectivity index (χ4v) is 4.91. The van der Waals surface area contributed by atoms with Crippen LogP contribution < -0.4 is 5.63 Å². The maximum absolute atomic E-state index is 12.6. The molecule has 0 saturated carbocycles. The highest BCUT2D eigenvalue weighted by Gasteiger charge is 2.36. The van der Waals surface area contributed by atoms with Gasteiger partial charge in [0.05, 0.1) is 11.5 Å². The van der Waals surface area contributed by atoms with Crippen molar-refractivity contribution >= 4 is 21.7 Å². The van der Waals surface area contributed by atoms with Gasteiger partial charge in [-0.05, 0) is 39.7 Å². The van der Waals surface area contributed by atoms with Crippen molar-refractivity contribution in [1.82, 2.24) is 4.90 Å². The van der Waals surface area contributed by atoms with E-state index in [0.29, 0.717) is 18.5 Å². The molecule has 1 aromatic heterocycles. The van der Waals surface area contributed by atoms with E-state index in [0.717, 1.165) is 0 Å². The monoisotopic (exact) mass is 385 g/mol. The third-order valence-corrected chi connectivity index (χ3v) is 6.19. The minimum atomic E-state index is -3.13. The number of nitrogens with zero attached hydrogens (tertiary/aromatic N) is 1. The minimum Gasteiger partial charge on any atom is -0.449 e. The molecule has 8 nitrogen and oxygen atoms in total. The van der Waals surface area contributed by atoms with Gasteiger partial charge in [0.2, 0.25) is 0 Å². The number of rotatable bonds is 5. The predicted molar refractivity (Wildman–Crippen MR) is 93.8 cm³/mol. The summed E-state index contributed by atoms with van der Waals surface area (Å²) < 4.78 is 33.5. The standard InChI is InChI=1S/C17H23NO7S/c1-5-18(13-6-7-26(22,23)9-13)16(20)12(4)25-17(21)15-10(2)8-14(19)24-11(15)3/h8,12-13H,5-7,9H2,1-4H3/t12-,13-/m1/s1. The van der Waals surface area contributed by atoms with Crippen LogP contribution in [0.15, 0.2) is 15.3 Å². The van der Waals surface area contributed by atoms with Crippen molar-refractivity contribution in [1.29, 1.82) is 0 Å². The predicted octanol–water partition coefficient (Wildman–Crippen LogP) is 0.838. The van der Waals surface area contributed by atoms with Gasteiger partial charge in [-0.3, -0.25) is 4.79 Å². The van der Waals surface area contributed by atoms with Gasteiger partial charge in [-0.1, -0.05) is 0 Å². The van der Waals surface area contributed by atoms with E-state index in [1.54, 1.807) is 13.8 Å². The topological polar surface area (TPSA) is 111 Å². The largest absolute Gasteiger partial charge is 0.449 e. The molecule has 1 saturated heterocycles. The third kappa shape index (κ3) is 4.32. The molecule has 2 atom stereocenters. The zero-order valence-corrected chi connectivity index (χ0v) is 16.1. The number of sulfone groups is 1. The van der Waals surface area contributed by atoms with Gasteiger partial charge in [-0.2, -0.15) is 0 Å². The number of carbonyl (C=O) groups is 2. The molecule has 144 valence electrons. The van der Waals surface area contributed by atoms with Gasteiger partial charge < -0.3 is 14.1 Å². The maximum atomic E-state index is 12.6. The summed E-state index contributed by atoms with van der Waals surface area (Å²) in [5.41, 5.74) is -0.0614. The quantitative estimate of drug-likeness (QED) is 0.691. The van der Waals surface area contributed by atoms with Crippen molar-refractivity contribution in [2.75, 3.05) is 18.1 Å². The molecule has 1 aromatic rings. The highest BCUT2D eigenvalue weighted by molar-refractivity contribution is 7.91. The van der Waals surface area contributed by atoms with Gasteiger partial charge in [0.1, 0.15) is 11.3 Å². The average Bonchev–Trinajstić information content (AvgIpc) is 2.86. The molecule has 0 radical (unpaired) electrons. The number of amides is 1. The van der Waals surface area contributed by atoms with Gasteiger partial charge in [-0.25, -0.2) is 18.0 Å². The Morgan fingerprint density at radius 3 is 2.54 bits per heavy atom. The molecular formula is C17H23NO7S. The van der Waals surface area contributed by atoms with Crippen LogP contribution in [0.4, 0.5) is 0 Å². The Bertz CT molecular complexity index is 845. The van der Waals surface area contributed by atoms with Gasteiger partial charge in [-0.15, -0.1) is 0 Å². The normalized spacial score (nSPS) is 19.8. The Balaban J connectivity index is 2.13. The zero-order valence-electron chi connectivity index (χ0n) is 15.3. The van der Waals surface area contributed by atoms with Crippen LogP contribution in [0.25, 0.3) is 0 Å². The summed E-state index contributed by atoms with van der Waals surface area (Å²) in [4.78, 5) is 37.8. The van der Waals surface area contributed by atoms with Crippen LogP contribution in [0.2, 0.25) is 0 Å². The van der Waals surface area contributed by atoms with Gasteiger partial charge in [0.15, 0.2) is 15.9 Å². The molecule has 0 spiro atoms. The van der Waals surface area contributed by atoms with E-state index in [1.807, 2.05) is 0 Å². The molecule has 26 heavy (non-hydrogen) atoms. The summed E-state index contributed by atoms with van der Waals surface area (Å²) in [7, 11) is -3.13. The lowest BCUT2D eigenvalue weighted by molar-refractivity contribution is -0.141. The van der Waals surface area contributed by atoms with E-state index in [4.69, 9.17) is 9.15 Å². The van der Waals surface area contributed by atoms with Crippen molar-refractivity contribution < 1.29 is 27.2 Å². The van der Waals surface area contributed by atoms with E-state index in [2.05, 4.69) is 0 Å². The molecule has 1 aliphatic rings. The second kappa shape index (κ2) is 7.61. The van der Waals surface area contributed by atoms with E-state index in [-0.39, 0.29) is 22.8 Å². The second-order valence-electron chi connectivity index (χ2n) is 6.41. The fourth-order valence-electron chi connectivity index (χ4n) is 3.18. The number of aryl methyl sites for hydroxylation is 2. The molecule has 2 heterocycles. The molecule has 0 unspecified atom stereocenters. The molecule has 0 aromatic carbocycles. The van der Waals surface area contributed by atoms with Crippen LogP contribution in [0.3, 0.4) is 0 Å². The number of esters is 1. The van der Waals surface area contributed by atoms with Crippen molar-refractivity contribution in [3.63, 3.8) is 0 Å². The van der Waals surface area contributed by atoms with Gasteiger partial charge in [0, 0.05) is 18.7 Å². The van der Waals surface area contributed by atoms with Crippen molar-refractivity contribution in [2.45, 2.75) is 46.3 Å². The summed E-state index contributed by atoms with van der Waals surface area (Å²) in [6.07, 6.45) is -0.707. The van der Waals surface area contributed by atoms with E-state index < -0.39 is 39.5 Å². The van der Waals surface area contributed by atoms with Gasteiger partial charge in [0.25, 0.3) is 5.91 Å². The first kappa shape index (κ1) is 20.2. The Labute approximate surface area is 152 Å². The molecule has 0 aliphatic carbocycles. The van der Waals surface area contributed by atoms with Crippen LogP contribution in [0.5, 0.6) is 0 Å². The van der Waals surface area contributed by atoms with Crippen molar-refractivity contribution in [3.8, 4) is 0 Å². The average molecular weight is 385 g/mol. The summed E-state index contributed by atoms with van der Waals surface area (Å²) in [6, 6.07) is 0.773. The first-order valence-corrected chi connectivity index (χ1v) is 10.2. The van der Waals surface area contributed by atoms with Crippen LogP contribution in [-0.2, 0) is 19.4 Å². The highest BCUT2D eigenvalue weighted by atomic mass is 32.2. The molecule has 1 amide bonds. The van der Waals surface area contributed by atoms with E-state index in [9.17, 15) is 22.8 Å². The number of ether oxygens (including phenoxy) is 1. The molecule has 1 fully saturated rings. The lowest BCUT2D eigenvalue weighted by atomic mass is 10.1. The Morgan fingerprint density at radius 1 is 1.38 bits per heavy atom. The smallest absolute Gasteiger partial charge is 0.342 e. The molecule has 0 N–H and O–H groups in total. The van der Waals surface area contributed by atoms with Crippen LogP contribution in [-0.4, -0.2) is 55.4 Å². The van der Waals surface area contributed by atoms with Crippen LogP contribution in [0.1, 0.15) is 41.9 Å². The Hall–Kier alpha value is -2.16. The summed E-state index contributed by atoms with van der Waals surface area (Å²) in [5, 5.41) is 0. The lowest BCUT2D eigenvalue weighted by Crippen LogP contribution is -2.46.